The third-order valence-electron chi connectivity index (χ3n) is 3.19. The number of benzene rings is 2. The molecule has 23 heavy (non-hydrogen) atoms. The van der Waals surface area contributed by atoms with E-state index in [1.165, 1.54) is 24.5 Å². The van der Waals surface area contributed by atoms with Crippen molar-refractivity contribution in [3.63, 3.8) is 0 Å². The summed E-state index contributed by atoms with van der Waals surface area (Å²) >= 11 is 7.20. The molecule has 2 aromatic carbocycles. The van der Waals surface area contributed by atoms with Gasteiger partial charge in [-0.2, -0.15) is 0 Å². The molecular formula is C16H10ClF2NO2S. The van der Waals surface area contributed by atoms with Crippen molar-refractivity contribution in [2.75, 3.05) is 12.4 Å². The molecule has 118 valence electrons. The molecule has 3 aromatic rings. The van der Waals surface area contributed by atoms with E-state index in [1.54, 1.807) is 18.2 Å². The molecule has 0 unspecified atom stereocenters. The number of carbonyl (C=O) groups is 1. The molecule has 0 fully saturated rings. The summed E-state index contributed by atoms with van der Waals surface area (Å²) in [5.41, 5.74) is 0.159. The number of methoxy groups -OCH3 is 1. The summed E-state index contributed by atoms with van der Waals surface area (Å²) in [7, 11) is 1.46. The number of halogens is 3. The first kappa shape index (κ1) is 15.7. The number of hydrogen-bond acceptors (Lipinski definition) is 3. The molecule has 3 rings (SSSR count). The normalized spacial score (nSPS) is 10.8. The highest BCUT2D eigenvalue weighted by Crippen LogP contribution is 2.39. The van der Waals surface area contributed by atoms with Crippen LogP contribution in [0.1, 0.15) is 9.67 Å². The number of rotatable bonds is 3. The minimum Gasteiger partial charge on any atom is -0.494 e. The van der Waals surface area contributed by atoms with Crippen molar-refractivity contribution in [3.05, 3.63) is 57.9 Å². The van der Waals surface area contributed by atoms with Crippen molar-refractivity contribution in [2.24, 2.45) is 0 Å². The van der Waals surface area contributed by atoms with Gasteiger partial charge in [0.15, 0.2) is 11.6 Å². The largest absolute Gasteiger partial charge is 0.494 e. The molecule has 1 heterocycles. The first-order chi connectivity index (χ1) is 11.0. The molecule has 0 bridgehead atoms. The van der Waals surface area contributed by atoms with Gasteiger partial charge in [0, 0.05) is 26.9 Å². The summed E-state index contributed by atoms with van der Waals surface area (Å²) in [6, 6.07) is 8.38. The van der Waals surface area contributed by atoms with Crippen LogP contribution >= 0.6 is 22.9 Å². The average Bonchev–Trinajstić information content (AvgIpc) is 2.88. The van der Waals surface area contributed by atoms with Crippen molar-refractivity contribution in [1.29, 1.82) is 0 Å². The van der Waals surface area contributed by atoms with E-state index in [-0.39, 0.29) is 5.69 Å². The monoisotopic (exact) mass is 353 g/mol. The highest BCUT2D eigenvalue weighted by molar-refractivity contribution is 7.21. The van der Waals surface area contributed by atoms with Gasteiger partial charge in [-0.1, -0.05) is 11.6 Å². The first-order valence-electron chi connectivity index (χ1n) is 6.52. The van der Waals surface area contributed by atoms with Crippen LogP contribution in [-0.4, -0.2) is 13.0 Å². The maximum absolute atomic E-state index is 13.2. The lowest BCUT2D eigenvalue weighted by molar-refractivity contribution is 0.102. The Balaban J connectivity index is 1.98. The van der Waals surface area contributed by atoms with Gasteiger partial charge in [0.05, 0.1) is 7.11 Å². The summed E-state index contributed by atoms with van der Waals surface area (Å²) in [5, 5.41) is 3.78. The van der Waals surface area contributed by atoms with E-state index < -0.39 is 17.5 Å². The van der Waals surface area contributed by atoms with Crippen molar-refractivity contribution in [3.8, 4) is 5.75 Å². The Morgan fingerprint density at radius 2 is 1.96 bits per heavy atom. The minimum atomic E-state index is -1.03. The van der Waals surface area contributed by atoms with Crippen molar-refractivity contribution in [1.82, 2.24) is 0 Å². The number of carbonyl (C=O) groups excluding carboxylic acids is 1. The molecule has 0 atom stereocenters. The molecular weight excluding hydrogens is 344 g/mol. The minimum absolute atomic E-state index is 0.159. The van der Waals surface area contributed by atoms with Crippen LogP contribution in [0.5, 0.6) is 5.75 Å². The van der Waals surface area contributed by atoms with Crippen LogP contribution in [0.3, 0.4) is 0 Å². The predicted octanol–water partition coefficient (Wildman–Crippen LogP) is 5.09. The Bertz CT molecular complexity index is 910. The van der Waals surface area contributed by atoms with Crippen LogP contribution in [-0.2, 0) is 0 Å². The van der Waals surface area contributed by atoms with Crippen molar-refractivity contribution in [2.45, 2.75) is 0 Å². The molecule has 0 aliphatic carbocycles. The van der Waals surface area contributed by atoms with Gasteiger partial charge in [-0.15, -0.1) is 11.3 Å². The van der Waals surface area contributed by atoms with Crippen LogP contribution in [0.25, 0.3) is 10.1 Å². The first-order valence-corrected chi connectivity index (χ1v) is 7.71. The average molecular weight is 354 g/mol. The molecule has 3 nitrogen and oxygen atoms in total. The quantitative estimate of drug-likeness (QED) is 0.712. The Labute approximate surface area is 139 Å². The SMILES string of the molecule is COc1c(C(=O)Nc2ccc(F)c(F)c2)sc2ccc(Cl)cc12. The van der Waals surface area contributed by atoms with Crippen molar-refractivity contribution >= 4 is 44.6 Å². The van der Waals surface area contributed by atoms with Gasteiger partial charge in [-0.3, -0.25) is 4.79 Å². The third-order valence-corrected chi connectivity index (χ3v) is 4.58. The van der Waals surface area contributed by atoms with E-state index in [9.17, 15) is 13.6 Å². The molecule has 0 saturated carbocycles. The zero-order chi connectivity index (χ0) is 16.6. The predicted molar refractivity (Wildman–Crippen MR) is 87.7 cm³/mol. The van der Waals surface area contributed by atoms with Crippen LogP contribution in [0, 0.1) is 11.6 Å². The van der Waals surface area contributed by atoms with Gasteiger partial charge in [0.2, 0.25) is 0 Å². The molecule has 0 radical (unpaired) electrons. The van der Waals surface area contributed by atoms with Crippen LogP contribution in [0.4, 0.5) is 14.5 Å². The standard InChI is InChI=1S/C16H10ClF2NO2S/c1-22-14-10-6-8(17)2-5-13(10)23-15(14)16(21)20-9-3-4-11(18)12(19)7-9/h2-7H,1H3,(H,20,21). The van der Waals surface area contributed by atoms with Gasteiger partial charge < -0.3 is 10.1 Å². The molecule has 0 aliphatic rings. The number of fused-ring (bicyclic) bond motifs is 1. The maximum Gasteiger partial charge on any atom is 0.269 e. The second-order valence-corrected chi connectivity index (χ2v) is 6.18. The molecule has 0 saturated heterocycles. The van der Waals surface area contributed by atoms with Gasteiger partial charge in [0.1, 0.15) is 10.6 Å². The van der Waals surface area contributed by atoms with Crippen LogP contribution < -0.4 is 10.1 Å². The lowest BCUT2D eigenvalue weighted by Crippen LogP contribution is -2.11. The number of nitrogens with one attached hydrogen (secondary N) is 1. The fourth-order valence-electron chi connectivity index (χ4n) is 2.16. The van der Waals surface area contributed by atoms with Gasteiger partial charge in [-0.05, 0) is 30.3 Å². The number of anilines is 1. The van der Waals surface area contributed by atoms with E-state index in [2.05, 4.69) is 5.32 Å². The summed E-state index contributed by atoms with van der Waals surface area (Å²) in [4.78, 5) is 12.7. The topological polar surface area (TPSA) is 38.3 Å². The fraction of sp³-hybridized carbons (Fsp3) is 0.0625. The second-order valence-electron chi connectivity index (χ2n) is 4.69. The van der Waals surface area contributed by atoms with Gasteiger partial charge in [-0.25, -0.2) is 8.78 Å². The zero-order valence-electron chi connectivity index (χ0n) is 11.8. The van der Waals surface area contributed by atoms with E-state index >= 15 is 0 Å². The Morgan fingerprint density at radius 3 is 2.65 bits per heavy atom. The Hall–Kier alpha value is -2.18. The molecule has 1 aromatic heterocycles. The third kappa shape index (κ3) is 3.00. The number of hydrogen-bond donors (Lipinski definition) is 1. The molecule has 0 spiro atoms. The lowest BCUT2D eigenvalue weighted by atomic mass is 10.2. The Kier molecular flexibility index (Phi) is 4.19. The van der Waals surface area contributed by atoms with E-state index in [0.29, 0.717) is 15.6 Å². The summed E-state index contributed by atoms with van der Waals surface area (Å²) in [5.74, 6) is -2.08. The summed E-state index contributed by atoms with van der Waals surface area (Å²) < 4.78 is 32.3. The van der Waals surface area contributed by atoms with E-state index in [1.807, 2.05) is 0 Å². The highest BCUT2D eigenvalue weighted by atomic mass is 35.5. The summed E-state index contributed by atoms with van der Waals surface area (Å²) in [6.07, 6.45) is 0. The van der Waals surface area contributed by atoms with Gasteiger partial charge in [0.25, 0.3) is 5.91 Å². The Morgan fingerprint density at radius 1 is 1.17 bits per heavy atom. The summed E-state index contributed by atoms with van der Waals surface area (Å²) in [6.45, 7) is 0. The second kappa shape index (κ2) is 6.14. The maximum atomic E-state index is 13.2. The van der Waals surface area contributed by atoms with Crippen LogP contribution in [0.2, 0.25) is 5.02 Å². The smallest absolute Gasteiger partial charge is 0.269 e. The van der Waals surface area contributed by atoms with Crippen LogP contribution in [0.15, 0.2) is 36.4 Å². The molecule has 7 heteroatoms. The van der Waals surface area contributed by atoms with Crippen molar-refractivity contribution < 1.29 is 18.3 Å². The highest BCUT2D eigenvalue weighted by Gasteiger charge is 2.20. The van der Waals surface area contributed by atoms with Gasteiger partial charge >= 0.3 is 0 Å². The number of amides is 1. The van der Waals surface area contributed by atoms with E-state index in [0.717, 1.165) is 22.2 Å². The zero-order valence-corrected chi connectivity index (χ0v) is 13.4. The number of thiophene rings is 1. The van der Waals surface area contributed by atoms with E-state index in [4.69, 9.17) is 16.3 Å². The number of ether oxygens (including phenoxy) is 1. The molecule has 1 N–H and O–H groups in total. The fourth-order valence-corrected chi connectivity index (χ4v) is 3.38. The molecule has 1 amide bonds. The molecule has 0 aliphatic heterocycles. The lowest BCUT2D eigenvalue weighted by Gasteiger charge is -2.06.